The Morgan fingerprint density at radius 2 is 2.40 bits per heavy atom. The molecule has 78 valence electrons. The summed E-state index contributed by atoms with van der Waals surface area (Å²) >= 11 is 1.75. The van der Waals surface area contributed by atoms with Gasteiger partial charge in [0, 0.05) is 10.3 Å². The third-order valence-corrected chi connectivity index (χ3v) is 3.93. The van der Waals surface area contributed by atoms with Gasteiger partial charge in [-0.3, -0.25) is 0 Å². The van der Waals surface area contributed by atoms with Crippen molar-refractivity contribution in [3.05, 3.63) is 22.5 Å². The normalized spacial score (nSPS) is 15.5. The van der Waals surface area contributed by atoms with E-state index in [1.165, 1.54) is 21.5 Å². The molecule has 0 unspecified atom stereocenters. The van der Waals surface area contributed by atoms with Gasteiger partial charge < -0.3 is 4.74 Å². The molecule has 3 rings (SSSR count). The van der Waals surface area contributed by atoms with E-state index in [1.807, 2.05) is 0 Å². The molecule has 0 radical (unpaired) electrons. The van der Waals surface area contributed by atoms with Gasteiger partial charge in [-0.2, -0.15) is 0 Å². The molecule has 0 amide bonds. The van der Waals surface area contributed by atoms with Crippen LogP contribution in [0.4, 0.5) is 0 Å². The highest BCUT2D eigenvalue weighted by Crippen LogP contribution is 2.34. The summed E-state index contributed by atoms with van der Waals surface area (Å²) in [6.45, 7) is 3.72. The van der Waals surface area contributed by atoms with Crippen LogP contribution in [0.2, 0.25) is 0 Å². The third-order valence-electron chi connectivity index (χ3n) is 2.81. The first kappa shape index (κ1) is 9.24. The maximum absolute atomic E-state index is 5.46. The van der Waals surface area contributed by atoms with Gasteiger partial charge in [-0.25, -0.2) is 9.97 Å². The number of hydrogen-bond donors (Lipinski definition) is 0. The molecule has 0 N–H and O–H groups in total. The van der Waals surface area contributed by atoms with Crippen LogP contribution in [0.15, 0.2) is 6.33 Å². The van der Waals surface area contributed by atoms with Crippen molar-refractivity contribution in [3.63, 3.8) is 0 Å². The maximum Gasteiger partial charge on any atom is 0.127 e. The summed E-state index contributed by atoms with van der Waals surface area (Å²) in [4.78, 5) is 11.2. The predicted molar refractivity (Wildman–Crippen MR) is 60.2 cm³/mol. The average Bonchev–Trinajstić information content (AvgIpc) is 2.67. The van der Waals surface area contributed by atoms with Gasteiger partial charge in [0.2, 0.25) is 0 Å². The van der Waals surface area contributed by atoms with E-state index in [9.17, 15) is 0 Å². The second-order valence-electron chi connectivity index (χ2n) is 3.66. The molecule has 0 aromatic carbocycles. The number of ether oxygens (including phenoxy) is 1. The number of nitrogens with zero attached hydrogens (tertiary/aromatic N) is 2. The number of rotatable bonds is 1. The van der Waals surface area contributed by atoms with Crippen LogP contribution in [0.3, 0.4) is 0 Å². The lowest BCUT2D eigenvalue weighted by atomic mass is 10.1. The van der Waals surface area contributed by atoms with Gasteiger partial charge in [-0.15, -0.1) is 11.3 Å². The van der Waals surface area contributed by atoms with Crippen molar-refractivity contribution in [2.45, 2.75) is 26.4 Å². The Kier molecular flexibility index (Phi) is 2.18. The van der Waals surface area contributed by atoms with Gasteiger partial charge in [-0.05, 0) is 18.4 Å². The lowest BCUT2D eigenvalue weighted by Crippen LogP contribution is -2.07. The summed E-state index contributed by atoms with van der Waals surface area (Å²) in [5.74, 6) is 0. The Hall–Kier alpha value is -1.00. The molecule has 2 aromatic rings. The lowest BCUT2D eigenvalue weighted by molar-refractivity contribution is 0.114. The van der Waals surface area contributed by atoms with Crippen LogP contribution in [0.25, 0.3) is 10.2 Å². The molecule has 0 fully saturated rings. The van der Waals surface area contributed by atoms with Crippen LogP contribution in [0, 0.1) is 0 Å². The third kappa shape index (κ3) is 1.36. The Balaban J connectivity index is 2.33. The summed E-state index contributed by atoms with van der Waals surface area (Å²) in [6, 6.07) is 0. The van der Waals surface area contributed by atoms with E-state index in [-0.39, 0.29) is 0 Å². The molecule has 3 heterocycles. The minimum absolute atomic E-state index is 0.750. The predicted octanol–water partition coefficient (Wildman–Crippen LogP) is 2.33. The molecular formula is C11H12N2OS. The van der Waals surface area contributed by atoms with Crippen molar-refractivity contribution in [1.82, 2.24) is 9.97 Å². The summed E-state index contributed by atoms with van der Waals surface area (Å²) in [5.41, 5.74) is 2.61. The quantitative estimate of drug-likeness (QED) is 0.739. The fourth-order valence-electron chi connectivity index (χ4n) is 2.09. The van der Waals surface area contributed by atoms with E-state index in [2.05, 4.69) is 16.9 Å². The topological polar surface area (TPSA) is 35.0 Å². The number of aryl methyl sites for hydroxylation is 1. The second kappa shape index (κ2) is 3.54. The number of hydrogen-bond acceptors (Lipinski definition) is 4. The SMILES string of the molecule is CCc1ncnc2sc3c(c12)CCOC3. The molecule has 3 nitrogen and oxygen atoms in total. The molecule has 0 spiro atoms. The first-order valence-electron chi connectivity index (χ1n) is 5.22. The minimum Gasteiger partial charge on any atom is -0.376 e. The fraction of sp³-hybridized carbons (Fsp3) is 0.455. The maximum atomic E-state index is 5.46. The summed E-state index contributed by atoms with van der Waals surface area (Å²) in [7, 11) is 0. The molecule has 1 aliphatic rings. The first-order valence-corrected chi connectivity index (χ1v) is 6.03. The van der Waals surface area contributed by atoms with E-state index in [4.69, 9.17) is 4.74 Å². The van der Waals surface area contributed by atoms with Crippen LogP contribution in [-0.2, 0) is 24.2 Å². The fourth-order valence-corrected chi connectivity index (χ4v) is 3.24. The molecule has 2 aromatic heterocycles. The van der Waals surface area contributed by atoms with E-state index < -0.39 is 0 Å². The summed E-state index contributed by atoms with van der Waals surface area (Å²) in [5, 5.41) is 1.29. The van der Waals surface area contributed by atoms with Crippen LogP contribution < -0.4 is 0 Å². The van der Waals surface area contributed by atoms with Crippen molar-refractivity contribution >= 4 is 21.6 Å². The zero-order valence-electron chi connectivity index (χ0n) is 8.62. The van der Waals surface area contributed by atoms with Gasteiger partial charge >= 0.3 is 0 Å². The average molecular weight is 220 g/mol. The molecular weight excluding hydrogens is 208 g/mol. The van der Waals surface area contributed by atoms with Crippen molar-refractivity contribution in [1.29, 1.82) is 0 Å². The monoisotopic (exact) mass is 220 g/mol. The van der Waals surface area contributed by atoms with Crippen molar-refractivity contribution in [2.75, 3.05) is 6.61 Å². The Bertz CT molecular complexity index is 507. The second-order valence-corrected chi connectivity index (χ2v) is 4.74. The highest BCUT2D eigenvalue weighted by Gasteiger charge is 2.19. The van der Waals surface area contributed by atoms with Crippen LogP contribution >= 0.6 is 11.3 Å². The first-order chi connectivity index (χ1) is 7.40. The molecule has 0 bridgehead atoms. The number of thiophene rings is 1. The lowest BCUT2D eigenvalue weighted by Gasteiger charge is -2.12. The molecule has 1 aliphatic heterocycles. The minimum atomic E-state index is 0.750. The molecule has 0 aliphatic carbocycles. The number of fused-ring (bicyclic) bond motifs is 3. The van der Waals surface area contributed by atoms with Crippen LogP contribution in [0.5, 0.6) is 0 Å². The van der Waals surface area contributed by atoms with Gasteiger partial charge in [0.15, 0.2) is 0 Å². The zero-order valence-corrected chi connectivity index (χ0v) is 9.43. The van der Waals surface area contributed by atoms with Gasteiger partial charge in [-0.1, -0.05) is 6.92 Å². The van der Waals surface area contributed by atoms with Crippen molar-refractivity contribution in [2.24, 2.45) is 0 Å². The number of aromatic nitrogens is 2. The van der Waals surface area contributed by atoms with E-state index in [0.29, 0.717) is 0 Å². The largest absolute Gasteiger partial charge is 0.376 e. The van der Waals surface area contributed by atoms with E-state index in [1.54, 1.807) is 17.7 Å². The molecule has 4 heteroatoms. The molecule has 0 saturated carbocycles. The van der Waals surface area contributed by atoms with Crippen molar-refractivity contribution < 1.29 is 4.74 Å². The highest BCUT2D eigenvalue weighted by molar-refractivity contribution is 7.18. The van der Waals surface area contributed by atoms with Gasteiger partial charge in [0.05, 0.1) is 18.9 Å². The zero-order chi connectivity index (χ0) is 10.3. The van der Waals surface area contributed by atoms with Crippen LogP contribution in [0.1, 0.15) is 23.1 Å². The standard InChI is InChI=1S/C11H12N2OS/c1-2-8-10-7-3-4-14-5-9(7)15-11(10)13-6-12-8/h6H,2-5H2,1H3. The Morgan fingerprint density at radius 1 is 1.47 bits per heavy atom. The summed E-state index contributed by atoms with van der Waals surface area (Å²) < 4.78 is 5.46. The van der Waals surface area contributed by atoms with Crippen LogP contribution in [-0.4, -0.2) is 16.6 Å². The molecule has 15 heavy (non-hydrogen) atoms. The van der Waals surface area contributed by atoms with Gasteiger partial charge in [0.1, 0.15) is 11.2 Å². The van der Waals surface area contributed by atoms with Crippen molar-refractivity contribution in [3.8, 4) is 0 Å². The van der Waals surface area contributed by atoms with Gasteiger partial charge in [0.25, 0.3) is 0 Å². The van der Waals surface area contributed by atoms with E-state index >= 15 is 0 Å². The smallest absolute Gasteiger partial charge is 0.127 e. The molecule has 0 saturated heterocycles. The Morgan fingerprint density at radius 3 is 3.27 bits per heavy atom. The highest BCUT2D eigenvalue weighted by atomic mass is 32.1. The summed E-state index contributed by atoms with van der Waals surface area (Å²) in [6.07, 6.45) is 3.66. The Labute approximate surface area is 92.1 Å². The van der Waals surface area contributed by atoms with E-state index in [0.717, 1.165) is 30.9 Å². The molecule has 0 atom stereocenters.